The molecule has 0 radical (unpaired) electrons. The molecule has 7 nitrogen and oxygen atoms in total. The van der Waals surface area contributed by atoms with Gasteiger partial charge in [-0.25, -0.2) is 4.79 Å². The molecule has 1 amide bonds. The number of carbonyl (C=O) groups excluding carboxylic acids is 1. The molecule has 1 fully saturated rings. The Morgan fingerprint density at radius 1 is 1.56 bits per heavy atom. The van der Waals surface area contributed by atoms with E-state index in [1.54, 1.807) is 0 Å². The van der Waals surface area contributed by atoms with E-state index in [0.717, 1.165) is 0 Å². The number of nitrogens with one attached hydrogen (secondary N) is 2. The Labute approximate surface area is 92.8 Å². The van der Waals surface area contributed by atoms with Gasteiger partial charge in [0, 0.05) is 19.5 Å². The van der Waals surface area contributed by atoms with Gasteiger partial charge in [0.1, 0.15) is 6.04 Å². The van der Waals surface area contributed by atoms with Crippen LogP contribution in [0.1, 0.15) is 6.42 Å². The van der Waals surface area contributed by atoms with Gasteiger partial charge in [0.05, 0.1) is 13.2 Å². The van der Waals surface area contributed by atoms with Crippen molar-refractivity contribution in [3.63, 3.8) is 0 Å². The number of hydrogen-bond acceptors (Lipinski definition) is 5. The van der Waals surface area contributed by atoms with Crippen molar-refractivity contribution in [3.05, 3.63) is 0 Å². The maximum Gasteiger partial charge on any atom is 0.332 e. The number of amides is 1. The maximum absolute atomic E-state index is 11.5. The highest BCUT2D eigenvalue weighted by atomic mass is 16.5. The highest BCUT2D eigenvalue weighted by molar-refractivity contribution is 5.82. The lowest BCUT2D eigenvalue weighted by molar-refractivity contribution is -0.147. The Morgan fingerprint density at radius 3 is 2.88 bits per heavy atom. The molecule has 92 valence electrons. The van der Waals surface area contributed by atoms with Crippen molar-refractivity contribution in [2.24, 2.45) is 0 Å². The van der Waals surface area contributed by atoms with E-state index < -0.39 is 18.1 Å². The van der Waals surface area contributed by atoms with E-state index >= 15 is 0 Å². The van der Waals surface area contributed by atoms with Crippen molar-refractivity contribution >= 4 is 11.9 Å². The molecule has 7 heteroatoms. The topological polar surface area (TPSA) is 108 Å². The molecule has 0 saturated carbocycles. The Balaban J connectivity index is 2.16. The first-order valence-electron chi connectivity index (χ1n) is 5.11. The van der Waals surface area contributed by atoms with Gasteiger partial charge >= 0.3 is 5.97 Å². The lowest BCUT2D eigenvalue weighted by Crippen LogP contribution is -2.51. The third-order valence-electron chi connectivity index (χ3n) is 2.24. The zero-order valence-electron chi connectivity index (χ0n) is 8.81. The second-order valence-corrected chi connectivity index (χ2v) is 3.52. The molecular formula is C9H16N2O5. The lowest BCUT2D eigenvalue weighted by Gasteiger charge is -2.22. The van der Waals surface area contributed by atoms with Gasteiger partial charge in [0.2, 0.25) is 5.91 Å². The molecule has 4 N–H and O–H groups in total. The molecular weight excluding hydrogens is 216 g/mol. The highest BCUT2D eigenvalue weighted by Crippen LogP contribution is 1.94. The molecule has 0 bridgehead atoms. The summed E-state index contributed by atoms with van der Waals surface area (Å²) < 4.78 is 5.10. The van der Waals surface area contributed by atoms with E-state index in [4.69, 9.17) is 14.9 Å². The molecule has 0 aliphatic carbocycles. The van der Waals surface area contributed by atoms with Gasteiger partial charge in [-0.3, -0.25) is 4.79 Å². The van der Waals surface area contributed by atoms with Gasteiger partial charge in [0.15, 0.2) is 6.10 Å². The minimum atomic E-state index is -1.43. The summed E-state index contributed by atoms with van der Waals surface area (Å²) in [5.74, 6) is -1.52. The van der Waals surface area contributed by atoms with Crippen LogP contribution in [0.4, 0.5) is 0 Å². The van der Waals surface area contributed by atoms with Crippen molar-refractivity contribution in [1.82, 2.24) is 10.6 Å². The number of morpholine rings is 1. The standard InChI is InChI=1S/C9H16N2O5/c12-7(9(14)15)1-2-11-8(13)6-5-16-4-3-10-6/h6-7,10,12H,1-5H2,(H,11,13)(H,14,15)/t6?,7-/m0/s1. The average molecular weight is 232 g/mol. The summed E-state index contributed by atoms with van der Waals surface area (Å²) in [6.07, 6.45) is -1.44. The lowest BCUT2D eigenvalue weighted by atomic mass is 10.2. The molecule has 0 aromatic heterocycles. The molecule has 0 spiro atoms. The molecule has 1 unspecified atom stereocenters. The summed E-state index contributed by atoms with van der Waals surface area (Å²) in [5.41, 5.74) is 0. The van der Waals surface area contributed by atoms with Gasteiger partial charge < -0.3 is 25.6 Å². The van der Waals surface area contributed by atoms with Crippen LogP contribution >= 0.6 is 0 Å². The summed E-state index contributed by atoms with van der Waals surface area (Å²) in [4.78, 5) is 21.7. The number of carbonyl (C=O) groups is 2. The van der Waals surface area contributed by atoms with Gasteiger partial charge in [-0.2, -0.15) is 0 Å². The van der Waals surface area contributed by atoms with Crippen LogP contribution in [-0.2, 0) is 14.3 Å². The summed E-state index contributed by atoms with van der Waals surface area (Å²) >= 11 is 0. The minimum Gasteiger partial charge on any atom is -0.479 e. The Morgan fingerprint density at radius 2 is 2.31 bits per heavy atom. The van der Waals surface area contributed by atoms with Crippen LogP contribution in [0.3, 0.4) is 0 Å². The number of ether oxygens (including phenoxy) is 1. The van der Waals surface area contributed by atoms with E-state index in [1.165, 1.54) is 0 Å². The largest absolute Gasteiger partial charge is 0.479 e. The molecule has 1 aliphatic rings. The summed E-state index contributed by atoms with van der Waals surface area (Å²) in [5, 5.41) is 22.9. The normalized spacial score (nSPS) is 22.4. The molecule has 1 heterocycles. The number of aliphatic hydroxyl groups is 1. The van der Waals surface area contributed by atoms with Crippen LogP contribution in [0.25, 0.3) is 0 Å². The van der Waals surface area contributed by atoms with Crippen LogP contribution in [0.2, 0.25) is 0 Å². The Bertz CT molecular complexity index is 252. The number of carboxylic acid groups (broad SMARTS) is 1. The first-order valence-corrected chi connectivity index (χ1v) is 5.11. The van der Waals surface area contributed by atoms with Crippen molar-refractivity contribution < 1.29 is 24.5 Å². The molecule has 1 aliphatic heterocycles. The third kappa shape index (κ3) is 4.13. The second-order valence-electron chi connectivity index (χ2n) is 3.52. The zero-order chi connectivity index (χ0) is 12.0. The van der Waals surface area contributed by atoms with Gasteiger partial charge in [-0.1, -0.05) is 0 Å². The maximum atomic E-state index is 11.5. The van der Waals surface area contributed by atoms with Crippen molar-refractivity contribution in [3.8, 4) is 0 Å². The Kier molecular flexibility index (Phi) is 5.17. The molecule has 2 atom stereocenters. The first-order chi connectivity index (χ1) is 7.61. The van der Waals surface area contributed by atoms with Crippen LogP contribution in [0.15, 0.2) is 0 Å². The molecule has 1 saturated heterocycles. The van der Waals surface area contributed by atoms with Crippen molar-refractivity contribution in [1.29, 1.82) is 0 Å². The minimum absolute atomic E-state index is 0.00531. The third-order valence-corrected chi connectivity index (χ3v) is 2.24. The molecule has 1 rings (SSSR count). The summed E-state index contributed by atoms with van der Waals surface area (Å²) in [7, 11) is 0. The van der Waals surface area contributed by atoms with E-state index in [0.29, 0.717) is 19.8 Å². The van der Waals surface area contributed by atoms with Crippen LogP contribution < -0.4 is 10.6 Å². The molecule has 0 aromatic carbocycles. The number of rotatable bonds is 5. The van der Waals surface area contributed by atoms with E-state index in [-0.39, 0.29) is 18.9 Å². The predicted molar refractivity (Wildman–Crippen MR) is 53.9 cm³/mol. The fourth-order valence-electron chi connectivity index (χ4n) is 1.31. The monoisotopic (exact) mass is 232 g/mol. The first kappa shape index (κ1) is 12.9. The van der Waals surface area contributed by atoms with E-state index in [9.17, 15) is 9.59 Å². The quantitative estimate of drug-likeness (QED) is 0.433. The van der Waals surface area contributed by atoms with Crippen molar-refractivity contribution in [2.45, 2.75) is 18.6 Å². The number of hydrogen-bond donors (Lipinski definition) is 4. The average Bonchev–Trinajstić information content (AvgIpc) is 2.29. The number of aliphatic carboxylic acids is 1. The van der Waals surface area contributed by atoms with Gasteiger partial charge in [0.25, 0.3) is 0 Å². The summed E-state index contributed by atoms with van der Waals surface area (Å²) in [6.45, 7) is 1.65. The highest BCUT2D eigenvalue weighted by Gasteiger charge is 2.21. The second kappa shape index (κ2) is 6.41. The number of aliphatic hydroxyl groups excluding tert-OH is 1. The smallest absolute Gasteiger partial charge is 0.332 e. The van der Waals surface area contributed by atoms with Crippen LogP contribution in [0, 0.1) is 0 Å². The van der Waals surface area contributed by atoms with Gasteiger partial charge in [-0.15, -0.1) is 0 Å². The zero-order valence-corrected chi connectivity index (χ0v) is 8.81. The van der Waals surface area contributed by atoms with Crippen LogP contribution in [0.5, 0.6) is 0 Å². The predicted octanol–water partition coefficient (Wildman–Crippen LogP) is -2.07. The summed E-state index contributed by atoms with van der Waals surface area (Å²) in [6, 6.07) is -0.393. The van der Waals surface area contributed by atoms with E-state index in [1.807, 2.05) is 0 Å². The fourth-order valence-corrected chi connectivity index (χ4v) is 1.31. The van der Waals surface area contributed by atoms with Gasteiger partial charge in [-0.05, 0) is 0 Å². The SMILES string of the molecule is O=C(NCC[C@H](O)C(=O)O)C1COCCN1. The Hall–Kier alpha value is -1.18. The van der Waals surface area contributed by atoms with Crippen molar-refractivity contribution in [2.75, 3.05) is 26.3 Å². The number of carboxylic acids is 1. The van der Waals surface area contributed by atoms with Crippen LogP contribution in [-0.4, -0.2) is 60.5 Å². The fraction of sp³-hybridized carbons (Fsp3) is 0.778. The van der Waals surface area contributed by atoms with E-state index in [2.05, 4.69) is 10.6 Å². The molecule has 16 heavy (non-hydrogen) atoms. The molecule has 0 aromatic rings.